The number of carbonyl (C=O) groups is 2. The van der Waals surface area contributed by atoms with Crippen LogP contribution in [-0.2, 0) is 29.1 Å². The zero-order valence-electron chi connectivity index (χ0n) is 7.10. The van der Waals surface area contributed by atoms with Gasteiger partial charge >= 0.3 is 19.5 Å². The molecule has 68 valence electrons. The Morgan fingerprint density at radius 2 is 1.36 bits per heavy atom. The van der Waals surface area contributed by atoms with Gasteiger partial charge in [-0.05, 0) is 6.42 Å². The van der Waals surface area contributed by atoms with Crippen LogP contribution in [0.2, 0.25) is 0 Å². The second-order valence-electron chi connectivity index (χ2n) is 2.24. The number of nitrogens with zero attached hydrogens (tertiary/aromatic N) is 2. The largest absolute Gasteiger partial charge is 2.00 e. The van der Waals surface area contributed by atoms with Gasteiger partial charge in [-0.15, -0.1) is 0 Å². The van der Waals surface area contributed by atoms with Crippen molar-refractivity contribution in [3.05, 3.63) is 0 Å². The number of carboxylic acid groups (broad SMARTS) is 2. The normalized spacial score (nSPS) is 12.4. The van der Waals surface area contributed by atoms with Crippen molar-refractivity contribution >= 4 is 11.9 Å². The molecule has 6 nitrogen and oxygen atoms in total. The monoisotopic (exact) mass is 244 g/mol. The molecule has 0 heterocycles. The molecule has 0 aliphatic carbocycles. The maximum Gasteiger partial charge on any atom is 2.00 e. The Labute approximate surface area is 92.5 Å². The Hall–Kier alpha value is -1.46. The quantitative estimate of drug-likeness (QED) is 0.491. The zero-order chi connectivity index (χ0) is 10.4. The van der Waals surface area contributed by atoms with Gasteiger partial charge < -0.3 is 19.8 Å². The summed E-state index contributed by atoms with van der Waals surface area (Å²) in [5.41, 5.74) is 0. The molecule has 0 N–H and O–H groups in total. The van der Waals surface area contributed by atoms with E-state index in [4.69, 9.17) is 10.5 Å². The minimum absolute atomic E-state index is 0. The molecule has 0 amide bonds. The number of hydrogen-bond donors (Lipinski definition) is 0. The van der Waals surface area contributed by atoms with Crippen LogP contribution in [-0.4, -0.2) is 11.9 Å². The smallest absolute Gasteiger partial charge is 0.549 e. The van der Waals surface area contributed by atoms with Crippen LogP contribution in [0.5, 0.6) is 0 Å². The zero-order valence-corrected chi connectivity index (χ0v) is 10.1. The van der Waals surface area contributed by atoms with E-state index in [9.17, 15) is 19.8 Å². The van der Waals surface area contributed by atoms with Crippen LogP contribution in [0, 0.1) is 34.5 Å². The summed E-state index contributed by atoms with van der Waals surface area (Å²) in [4.78, 5) is 20.3. The van der Waals surface area contributed by atoms with Crippen LogP contribution < -0.4 is 10.2 Å². The molecule has 0 aromatic heterocycles. The Kier molecular flexibility index (Phi) is 7.51. The summed E-state index contributed by atoms with van der Waals surface area (Å²) in [7, 11) is 0. The first-order valence-corrected chi connectivity index (χ1v) is 3.23. The van der Waals surface area contributed by atoms with E-state index in [0.717, 1.165) is 0 Å². The summed E-state index contributed by atoms with van der Waals surface area (Å²) >= 11 is 0. The van der Waals surface area contributed by atoms with Gasteiger partial charge in [0.2, 0.25) is 0 Å². The molecule has 0 aromatic carbocycles. The maximum absolute atomic E-state index is 10.1. The fourth-order valence-electron chi connectivity index (χ4n) is 0.639. The molecule has 0 aliphatic heterocycles. The van der Waals surface area contributed by atoms with Crippen LogP contribution in [0.3, 0.4) is 0 Å². The fraction of sp³-hybridized carbons (Fsp3) is 0.429. The summed E-state index contributed by atoms with van der Waals surface area (Å²) < 4.78 is 0. The van der Waals surface area contributed by atoms with Crippen molar-refractivity contribution in [2.75, 3.05) is 0 Å². The Balaban J connectivity index is 0. The number of nitriles is 2. The summed E-state index contributed by atoms with van der Waals surface area (Å²) in [6.07, 6.45) is -0.613. The van der Waals surface area contributed by atoms with E-state index in [-0.39, 0.29) is 19.5 Å². The third-order valence-corrected chi connectivity index (χ3v) is 1.35. The van der Waals surface area contributed by atoms with Crippen molar-refractivity contribution in [3.8, 4) is 12.1 Å². The van der Waals surface area contributed by atoms with E-state index in [1.54, 1.807) is 0 Å². The summed E-state index contributed by atoms with van der Waals surface area (Å²) in [6, 6.07) is 2.63. The predicted octanol–water partition coefficient (Wildman–Crippen LogP) is -2.85. The molecule has 7 heteroatoms. The van der Waals surface area contributed by atoms with Crippen LogP contribution >= 0.6 is 0 Å². The molecular formula is C7H4N2O4Zn. The molecule has 0 saturated heterocycles. The van der Waals surface area contributed by atoms with E-state index in [1.807, 2.05) is 0 Å². The average Bonchev–Trinajstić information content (AvgIpc) is 2.05. The average molecular weight is 246 g/mol. The molecule has 0 fully saturated rings. The van der Waals surface area contributed by atoms with E-state index in [2.05, 4.69) is 0 Å². The van der Waals surface area contributed by atoms with E-state index < -0.39 is 30.2 Å². The van der Waals surface area contributed by atoms with Crippen molar-refractivity contribution in [2.45, 2.75) is 6.42 Å². The summed E-state index contributed by atoms with van der Waals surface area (Å²) in [5.74, 6) is -6.57. The molecule has 0 bridgehead atoms. The summed E-state index contributed by atoms with van der Waals surface area (Å²) in [6.45, 7) is 0. The molecule has 0 rings (SSSR count). The van der Waals surface area contributed by atoms with E-state index in [0.29, 0.717) is 0 Å². The van der Waals surface area contributed by atoms with Crippen LogP contribution in [0.15, 0.2) is 0 Å². The van der Waals surface area contributed by atoms with Gasteiger partial charge in [-0.25, -0.2) is 0 Å². The third kappa shape index (κ3) is 4.54. The topological polar surface area (TPSA) is 128 Å². The SMILES string of the molecule is N#CC(CC(C#N)C(=O)[O-])C(=O)[O-].[Zn+2]. The second-order valence-corrected chi connectivity index (χ2v) is 2.24. The number of rotatable bonds is 4. The molecule has 0 aliphatic rings. The van der Waals surface area contributed by atoms with Gasteiger partial charge in [-0.1, -0.05) is 0 Å². The van der Waals surface area contributed by atoms with Crippen molar-refractivity contribution in [1.82, 2.24) is 0 Å². The van der Waals surface area contributed by atoms with Gasteiger partial charge in [0.25, 0.3) is 0 Å². The Bertz CT molecular complexity index is 274. The van der Waals surface area contributed by atoms with Crippen LogP contribution in [0.25, 0.3) is 0 Å². The van der Waals surface area contributed by atoms with Gasteiger partial charge in [-0.2, -0.15) is 10.5 Å². The Morgan fingerprint density at radius 1 is 1.07 bits per heavy atom. The van der Waals surface area contributed by atoms with Gasteiger partial charge in [0.05, 0.1) is 35.9 Å². The van der Waals surface area contributed by atoms with Gasteiger partial charge in [0.15, 0.2) is 0 Å². The molecular weight excluding hydrogens is 241 g/mol. The molecule has 0 radical (unpaired) electrons. The fourth-order valence-corrected chi connectivity index (χ4v) is 0.639. The van der Waals surface area contributed by atoms with Gasteiger partial charge in [0, 0.05) is 0 Å². The minimum Gasteiger partial charge on any atom is -0.549 e. The maximum atomic E-state index is 10.1. The van der Waals surface area contributed by atoms with Crippen molar-refractivity contribution in [1.29, 1.82) is 10.5 Å². The van der Waals surface area contributed by atoms with Gasteiger partial charge in [-0.3, -0.25) is 0 Å². The van der Waals surface area contributed by atoms with Crippen molar-refractivity contribution < 1.29 is 39.3 Å². The predicted molar refractivity (Wildman–Crippen MR) is 32.8 cm³/mol. The van der Waals surface area contributed by atoms with E-state index in [1.165, 1.54) is 12.1 Å². The molecule has 2 atom stereocenters. The number of aliphatic carboxylic acids is 2. The standard InChI is InChI=1S/C7H6N2O4.Zn/c8-2-4(6(10)11)1-5(3-9)7(12)13;/h4-5H,1H2,(H,10,11)(H,12,13);/q;+2/p-2. The van der Waals surface area contributed by atoms with Crippen molar-refractivity contribution in [3.63, 3.8) is 0 Å². The minimum atomic E-state index is -1.69. The first-order chi connectivity index (χ1) is 6.02. The molecule has 2 unspecified atom stereocenters. The van der Waals surface area contributed by atoms with Gasteiger partial charge in [0.1, 0.15) is 0 Å². The van der Waals surface area contributed by atoms with Crippen LogP contribution in [0.1, 0.15) is 6.42 Å². The first kappa shape index (κ1) is 15.0. The molecule has 0 spiro atoms. The third-order valence-electron chi connectivity index (χ3n) is 1.35. The molecule has 0 aromatic rings. The Morgan fingerprint density at radius 3 is 1.50 bits per heavy atom. The van der Waals surface area contributed by atoms with E-state index >= 15 is 0 Å². The van der Waals surface area contributed by atoms with Crippen molar-refractivity contribution in [2.24, 2.45) is 11.8 Å². The number of carboxylic acids is 2. The van der Waals surface area contributed by atoms with Crippen LogP contribution in [0.4, 0.5) is 0 Å². The first-order valence-electron chi connectivity index (χ1n) is 3.23. The number of carbonyl (C=O) groups excluding carboxylic acids is 2. The summed E-state index contributed by atoms with van der Waals surface area (Å²) in [5, 5.41) is 36.8. The second kappa shape index (κ2) is 7.00. The number of hydrogen-bond acceptors (Lipinski definition) is 6. The molecule has 14 heavy (non-hydrogen) atoms. The molecule has 0 saturated carbocycles.